The van der Waals surface area contributed by atoms with Crippen LogP contribution in [-0.4, -0.2) is 0 Å². The van der Waals surface area contributed by atoms with Gasteiger partial charge in [-0.1, -0.05) is 38.5 Å². The normalized spacial score (nSPS) is 18.9. The zero-order valence-electron chi connectivity index (χ0n) is 10.9. The minimum absolute atomic E-state index is 0.780. The lowest BCUT2D eigenvalue weighted by Gasteiger charge is -2.24. The summed E-state index contributed by atoms with van der Waals surface area (Å²) in [5.41, 5.74) is 6.17. The van der Waals surface area contributed by atoms with E-state index in [1.807, 2.05) is 13.8 Å². The van der Waals surface area contributed by atoms with Crippen molar-refractivity contribution < 1.29 is 0 Å². The third kappa shape index (κ3) is 2.62. The molecule has 0 amide bonds. The smallest absolute Gasteiger partial charge is 0.0187 e. The average Bonchev–Trinajstić information content (AvgIpc) is 2.23. The zero-order chi connectivity index (χ0) is 11.4. The van der Waals surface area contributed by atoms with Crippen LogP contribution >= 0.6 is 0 Å². The van der Waals surface area contributed by atoms with E-state index in [4.69, 9.17) is 0 Å². The van der Waals surface area contributed by atoms with Crippen molar-refractivity contribution in [3.05, 3.63) is 34.4 Å². The highest BCUT2D eigenvalue weighted by molar-refractivity contribution is 5.41. The van der Waals surface area contributed by atoms with Gasteiger partial charge in [-0.3, -0.25) is 0 Å². The zero-order valence-corrected chi connectivity index (χ0v) is 10.9. The van der Waals surface area contributed by atoms with Crippen molar-refractivity contribution in [2.75, 3.05) is 0 Å². The second-order valence-corrected chi connectivity index (χ2v) is 4.44. The first-order chi connectivity index (χ1) is 7.18. The van der Waals surface area contributed by atoms with E-state index in [0.29, 0.717) is 0 Å². The molecular formula is C15H24. The molecule has 0 heteroatoms. The highest BCUT2D eigenvalue weighted by atomic mass is 14.2. The summed E-state index contributed by atoms with van der Waals surface area (Å²) in [6.07, 6.45) is 4.04. The van der Waals surface area contributed by atoms with Gasteiger partial charge in [-0.25, -0.2) is 0 Å². The summed E-state index contributed by atoms with van der Waals surface area (Å²) >= 11 is 0. The maximum absolute atomic E-state index is 2.38. The largest absolute Gasteiger partial charge is 0.0683 e. The molecule has 1 aromatic carbocycles. The molecule has 2 rings (SSSR count). The monoisotopic (exact) mass is 204 g/mol. The summed E-state index contributed by atoms with van der Waals surface area (Å²) in [5, 5.41) is 0. The quantitative estimate of drug-likeness (QED) is 0.571. The lowest BCUT2D eigenvalue weighted by Crippen LogP contribution is -2.09. The molecule has 0 fully saturated rings. The highest BCUT2D eigenvalue weighted by Crippen LogP contribution is 2.33. The number of hydrogen-bond acceptors (Lipinski definition) is 0. The highest BCUT2D eigenvalue weighted by Gasteiger charge is 2.17. The summed E-state index contributed by atoms with van der Waals surface area (Å²) in [7, 11) is 0. The van der Waals surface area contributed by atoms with Gasteiger partial charge >= 0.3 is 0 Å². The topological polar surface area (TPSA) is 0 Å². The van der Waals surface area contributed by atoms with Crippen LogP contribution in [0.3, 0.4) is 0 Å². The van der Waals surface area contributed by atoms with Gasteiger partial charge in [-0.2, -0.15) is 0 Å². The fourth-order valence-electron chi connectivity index (χ4n) is 2.55. The first-order valence-electron chi connectivity index (χ1n) is 6.28. The number of rotatable bonds is 0. The van der Waals surface area contributed by atoms with Crippen LogP contribution in [0.1, 0.15) is 61.8 Å². The molecule has 0 aromatic heterocycles. The summed E-state index contributed by atoms with van der Waals surface area (Å²) < 4.78 is 0. The fraction of sp³-hybridized carbons (Fsp3) is 0.600. The molecule has 0 radical (unpaired) electrons. The Bertz CT molecular complexity index is 323. The molecular weight excluding hydrogens is 180 g/mol. The van der Waals surface area contributed by atoms with Gasteiger partial charge in [0, 0.05) is 0 Å². The Hall–Kier alpha value is -0.780. The Morgan fingerprint density at radius 2 is 1.80 bits per heavy atom. The number of aryl methyl sites for hydroxylation is 2. The van der Waals surface area contributed by atoms with Crippen LogP contribution in [0, 0.1) is 13.8 Å². The van der Waals surface area contributed by atoms with Crippen molar-refractivity contribution in [1.82, 2.24) is 0 Å². The van der Waals surface area contributed by atoms with E-state index in [9.17, 15) is 0 Å². The molecule has 1 aliphatic rings. The second kappa shape index (κ2) is 5.34. The summed E-state index contributed by atoms with van der Waals surface area (Å²) in [5.74, 6) is 0.780. The maximum Gasteiger partial charge on any atom is -0.0187 e. The first-order valence-corrected chi connectivity index (χ1v) is 6.28. The lowest BCUT2D eigenvalue weighted by atomic mass is 9.81. The SMILES string of the molecule is CC.Cc1cc(C)c2c(c1)C(C)CCC2. The summed E-state index contributed by atoms with van der Waals surface area (Å²) in [6, 6.07) is 4.70. The van der Waals surface area contributed by atoms with E-state index >= 15 is 0 Å². The molecule has 0 nitrogen and oxygen atoms in total. The summed E-state index contributed by atoms with van der Waals surface area (Å²) in [6.45, 7) is 10.8. The lowest BCUT2D eigenvalue weighted by molar-refractivity contribution is 0.587. The Balaban J connectivity index is 0.000000531. The fourth-order valence-corrected chi connectivity index (χ4v) is 2.55. The molecule has 15 heavy (non-hydrogen) atoms. The predicted octanol–water partition coefficient (Wildman–Crippen LogP) is 4.77. The van der Waals surface area contributed by atoms with Crippen molar-refractivity contribution in [1.29, 1.82) is 0 Å². The molecule has 0 aliphatic heterocycles. The molecule has 1 aromatic rings. The maximum atomic E-state index is 2.38. The molecule has 1 unspecified atom stereocenters. The number of hydrogen-bond donors (Lipinski definition) is 0. The van der Waals surface area contributed by atoms with Crippen LogP contribution in [0.4, 0.5) is 0 Å². The van der Waals surface area contributed by atoms with Crippen LogP contribution in [-0.2, 0) is 6.42 Å². The van der Waals surface area contributed by atoms with Crippen LogP contribution < -0.4 is 0 Å². The molecule has 0 N–H and O–H groups in total. The van der Waals surface area contributed by atoms with Gasteiger partial charge in [0.1, 0.15) is 0 Å². The van der Waals surface area contributed by atoms with E-state index in [1.165, 1.54) is 30.4 Å². The van der Waals surface area contributed by atoms with Crippen LogP contribution in [0.15, 0.2) is 12.1 Å². The predicted molar refractivity (Wildman–Crippen MR) is 68.6 cm³/mol. The van der Waals surface area contributed by atoms with E-state index in [0.717, 1.165) is 5.92 Å². The van der Waals surface area contributed by atoms with Gasteiger partial charge in [0.25, 0.3) is 0 Å². The summed E-state index contributed by atoms with van der Waals surface area (Å²) in [4.78, 5) is 0. The molecule has 0 spiro atoms. The number of fused-ring (bicyclic) bond motifs is 1. The Morgan fingerprint density at radius 1 is 1.13 bits per heavy atom. The molecule has 84 valence electrons. The third-order valence-corrected chi connectivity index (χ3v) is 3.25. The van der Waals surface area contributed by atoms with Crippen LogP contribution in [0.25, 0.3) is 0 Å². The van der Waals surface area contributed by atoms with E-state index in [1.54, 1.807) is 11.1 Å². The molecule has 0 bridgehead atoms. The van der Waals surface area contributed by atoms with E-state index in [-0.39, 0.29) is 0 Å². The Morgan fingerprint density at radius 3 is 2.47 bits per heavy atom. The van der Waals surface area contributed by atoms with Gasteiger partial charge in [-0.05, 0) is 55.7 Å². The van der Waals surface area contributed by atoms with Gasteiger partial charge in [0.2, 0.25) is 0 Å². The van der Waals surface area contributed by atoms with Crippen molar-refractivity contribution in [2.24, 2.45) is 0 Å². The van der Waals surface area contributed by atoms with Crippen LogP contribution in [0.2, 0.25) is 0 Å². The van der Waals surface area contributed by atoms with Crippen LogP contribution in [0.5, 0.6) is 0 Å². The molecule has 1 aliphatic carbocycles. The Kier molecular flexibility index (Phi) is 4.38. The third-order valence-electron chi connectivity index (χ3n) is 3.25. The van der Waals surface area contributed by atoms with E-state index in [2.05, 4.69) is 32.9 Å². The van der Waals surface area contributed by atoms with Crippen molar-refractivity contribution in [3.63, 3.8) is 0 Å². The standard InChI is InChI=1S/C13H18.C2H6/c1-9-7-11(3)12-6-4-5-10(2)13(12)8-9;1-2/h7-8,10H,4-6H2,1-3H3;1-2H3. The Labute approximate surface area is 94.7 Å². The average molecular weight is 204 g/mol. The van der Waals surface area contributed by atoms with Gasteiger partial charge < -0.3 is 0 Å². The van der Waals surface area contributed by atoms with E-state index < -0.39 is 0 Å². The van der Waals surface area contributed by atoms with Crippen molar-refractivity contribution in [3.8, 4) is 0 Å². The second-order valence-electron chi connectivity index (χ2n) is 4.44. The van der Waals surface area contributed by atoms with Crippen molar-refractivity contribution >= 4 is 0 Å². The molecule has 0 heterocycles. The minimum atomic E-state index is 0.780. The first kappa shape index (κ1) is 12.3. The van der Waals surface area contributed by atoms with Crippen molar-refractivity contribution in [2.45, 2.75) is 59.8 Å². The molecule has 0 saturated heterocycles. The van der Waals surface area contributed by atoms with Gasteiger partial charge in [0.05, 0.1) is 0 Å². The van der Waals surface area contributed by atoms with Gasteiger partial charge in [-0.15, -0.1) is 0 Å². The molecule has 1 atom stereocenters. The van der Waals surface area contributed by atoms with Gasteiger partial charge in [0.15, 0.2) is 0 Å². The minimum Gasteiger partial charge on any atom is -0.0683 e. The number of benzene rings is 1. The molecule has 0 saturated carbocycles.